The predicted octanol–water partition coefficient (Wildman–Crippen LogP) is 2.97. The Morgan fingerprint density at radius 2 is 2.00 bits per heavy atom. The van der Waals surface area contributed by atoms with Gasteiger partial charge < -0.3 is 10.6 Å². The molecule has 0 spiro atoms. The number of rotatable bonds is 2. The summed E-state index contributed by atoms with van der Waals surface area (Å²) in [6, 6.07) is 10.4. The molecule has 1 aromatic heterocycles. The predicted molar refractivity (Wildman–Crippen MR) is 100 cm³/mol. The van der Waals surface area contributed by atoms with Crippen LogP contribution in [0.3, 0.4) is 0 Å². The number of urea groups is 1. The van der Waals surface area contributed by atoms with Gasteiger partial charge in [0.15, 0.2) is 0 Å². The molecule has 0 radical (unpaired) electrons. The molecule has 132 valence electrons. The topological polar surface area (TPSA) is 71.8 Å². The van der Waals surface area contributed by atoms with Gasteiger partial charge in [-0.15, -0.1) is 0 Å². The number of aryl methyl sites for hydroxylation is 4. The second-order valence-electron chi connectivity index (χ2n) is 7.20. The van der Waals surface area contributed by atoms with Crippen LogP contribution in [0.5, 0.6) is 0 Å². The van der Waals surface area contributed by atoms with E-state index in [0.717, 1.165) is 48.4 Å². The minimum Gasteiger partial charge on any atom is -0.333 e. The lowest BCUT2D eigenvalue weighted by Gasteiger charge is -2.23. The van der Waals surface area contributed by atoms with Gasteiger partial charge in [-0.3, -0.25) is 0 Å². The lowest BCUT2D eigenvalue weighted by molar-refractivity contribution is 0.243. The summed E-state index contributed by atoms with van der Waals surface area (Å²) in [4.78, 5) is 17.0. The standard InChI is InChI=1S/C20H21N5O/c1-12-21-18-10-8-15(11-25(18)24-12)22-20(26)23-17-9-7-14-6-5-13-3-2-4-16(17)19(13)14/h2-4,7,9,15H,5-6,8,10-11H2,1H3,(H2,22,23,26)/t15-/m0/s1. The molecule has 2 aromatic carbocycles. The van der Waals surface area contributed by atoms with Gasteiger partial charge in [0.05, 0.1) is 18.3 Å². The second-order valence-corrected chi connectivity index (χ2v) is 7.20. The Balaban J connectivity index is 1.33. The number of carbonyl (C=O) groups excluding carboxylic acids is 1. The highest BCUT2D eigenvalue weighted by atomic mass is 16.2. The highest BCUT2D eigenvalue weighted by molar-refractivity contribution is 6.04. The van der Waals surface area contributed by atoms with E-state index in [1.165, 1.54) is 16.5 Å². The van der Waals surface area contributed by atoms with Crippen LogP contribution in [-0.2, 0) is 25.8 Å². The molecule has 3 aromatic rings. The molecule has 1 aliphatic heterocycles. The van der Waals surface area contributed by atoms with Crippen LogP contribution < -0.4 is 10.6 Å². The van der Waals surface area contributed by atoms with E-state index < -0.39 is 0 Å². The Hall–Kier alpha value is -2.89. The maximum absolute atomic E-state index is 12.6. The zero-order valence-corrected chi connectivity index (χ0v) is 14.7. The quantitative estimate of drug-likeness (QED) is 0.749. The second kappa shape index (κ2) is 5.83. The monoisotopic (exact) mass is 347 g/mol. The Kier molecular flexibility index (Phi) is 3.45. The molecule has 6 nitrogen and oxygen atoms in total. The summed E-state index contributed by atoms with van der Waals surface area (Å²) in [5, 5.41) is 13.0. The summed E-state index contributed by atoms with van der Waals surface area (Å²) in [5.41, 5.74) is 3.63. The van der Waals surface area contributed by atoms with E-state index >= 15 is 0 Å². The molecule has 1 aliphatic carbocycles. The molecule has 1 atom stereocenters. The number of nitrogens with zero attached hydrogens (tertiary/aromatic N) is 3. The fraction of sp³-hybridized carbons (Fsp3) is 0.350. The molecule has 0 bridgehead atoms. The first-order chi connectivity index (χ1) is 12.7. The van der Waals surface area contributed by atoms with E-state index in [9.17, 15) is 4.79 Å². The van der Waals surface area contributed by atoms with Crippen LogP contribution in [0.1, 0.15) is 29.2 Å². The molecule has 2 aliphatic rings. The minimum absolute atomic E-state index is 0.0698. The summed E-state index contributed by atoms with van der Waals surface area (Å²) in [6.45, 7) is 2.57. The molecule has 2 amide bonds. The largest absolute Gasteiger partial charge is 0.333 e. The zero-order valence-electron chi connectivity index (χ0n) is 14.7. The molecular formula is C20H21N5O. The number of benzene rings is 2. The maximum atomic E-state index is 12.6. The average Bonchev–Trinajstić information content (AvgIpc) is 3.20. The molecule has 0 saturated carbocycles. The van der Waals surface area contributed by atoms with Gasteiger partial charge in [-0.05, 0) is 48.8 Å². The first-order valence-electron chi connectivity index (χ1n) is 9.19. The van der Waals surface area contributed by atoms with Gasteiger partial charge in [0.1, 0.15) is 11.6 Å². The van der Waals surface area contributed by atoms with Crippen molar-refractivity contribution in [3.63, 3.8) is 0 Å². The molecule has 0 unspecified atom stereocenters. The third-order valence-corrected chi connectivity index (χ3v) is 5.42. The number of hydrogen-bond donors (Lipinski definition) is 2. The molecular weight excluding hydrogens is 326 g/mol. The molecule has 2 heterocycles. The number of anilines is 1. The van der Waals surface area contributed by atoms with Crippen molar-refractivity contribution in [3.8, 4) is 0 Å². The van der Waals surface area contributed by atoms with E-state index in [1.807, 2.05) is 17.7 Å². The molecule has 6 heteroatoms. The van der Waals surface area contributed by atoms with E-state index in [1.54, 1.807) is 0 Å². The van der Waals surface area contributed by atoms with Crippen LogP contribution in [-0.4, -0.2) is 26.8 Å². The molecule has 0 fully saturated rings. The van der Waals surface area contributed by atoms with Crippen LogP contribution in [0.15, 0.2) is 30.3 Å². The maximum Gasteiger partial charge on any atom is 0.319 e. The van der Waals surface area contributed by atoms with Crippen molar-refractivity contribution >= 4 is 22.5 Å². The number of nitrogens with one attached hydrogen (secondary N) is 2. The first kappa shape index (κ1) is 15.4. The van der Waals surface area contributed by atoms with Crippen LogP contribution in [0.2, 0.25) is 0 Å². The van der Waals surface area contributed by atoms with Gasteiger partial charge in [0, 0.05) is 11.8 Å². The van der Waals surface area contributed by atoms with Crippen molar-refractivity contribution in [2.75, 3.05) is 5.32 Å². The number of hydrogen-bond acceptors (Lipinski definition) is 3. The lowest BCUT2D eigenvalue weighted by Crippen LogP contribution is -2.43. The zero-order chi connectivity index (χ0) is 17.7. The van der Waals surface area contributed by atoms with Crippen LogP contribution in [0.4, 0.5) is 10.5 Å². The van der Waals surface area contributed by atoms with Crippen molar-refractivity contribution < 1.29 is 4.79 Å². The molecule has 5 rings (SSSR count). The normalized spacial score (nSPS) is 18.0. The van der Waals surface area contributed by atoms with Crippen molar-refractivity contribution in [3.05, 3.63) is 53.1 Å². The third kappa shape index (κ3) is 2.53. The Morgan fingerprint density at radius 3 is 2.88 bits per heavy atom. The number of fused-ring (bicyclic) bond motifs is 1. The summed E-state index contributed by atoms with van der Waals surface area (Å²) >= 11 is 0. The van der Waals surface area contributed by atoms with Gasteiger partial charge in [0.2, 0.25) is 0 Å². The van der Waals surface area contributed by atoms with Crippen molar-refractivity contribution in [2.24, 2.45) is 0 Å². The van der Waals surface area contributed by atoms with Crippen molar-refractivity contribution in [1.29, 1.82) is 0 Å². The third-order valence-electron chi connectivity index (χ3n) is 5.42. The Bertz CT molecular complexity index is 1010. The van der Waals surface area contributed by atoms with Crippen LogP contribution in [0, 0.1) is 6.92 Å². The summed E-state index contributed by atoms with van der Waals surface area (Å²) in [6.07, 6.45) is 3.90. The van der Waals surface area contributed by atoms with E-state index in [0.29, 0.717) is 6.54 Å². The Labute approximate surface area is 151 Å². The lowest BCUT2D eigenvalue weighted by atomic mass is 10.0. The molecule has 0 saturated heterocycles. The van der Waals surface area contributed by atoms with Gasteiger partial charge in [-0.2, -0.15) is 5.10 Å². The van der Waals surface area contributed by atoms with Gasteiger partial charge >= 0.3 is 6.03 Å². The first-order valence-corrected chi connectivity index (χ1v) is 9.19. The summed E-state index contributed by atoms with van der Waals surface area (Å²) in [7, 11) is 0. The molecule has 26 heavy (non-hydrogen) atoms. The van der Waals surface area contributed by atoms with E-state index in [2.05, 4.69) is 45.0 Å². The van der Waals surface area contributed by atoms with E-state index in [-0.39, 0.29) is 12.1 Å². The highest BCUT2D eigenvalue weighted by Gasteiger charge is 2.23. The fourth-order valence-electron chi connectivity index (χ4n) is 4.25. The van der Waals surface area contributed by atoms with E-state index in [4.69, 9.17) is 0 Å². The van der Waals surface area contributed by atoms with Crippen molar-refractivity contribution in [2.45, 2.75) is 45.2 Å². The highest BCUT2D eigenvalue weighted by Crippen LogP contribution is 2.34. The average molecular weight is 347 g/mol. The SMILES string of the molecule is Cc1nc2n(n1)C[C@@H](NC(=O)Nc1ccc3c4c(cccc14)CC3)CC2. The summed E-state index contributed by atoms with van der Waals surface area (Å²) in [5.74, 6) is 1.80. The van der Waals surface area contributed by atoms with Crippen molar-refractivity contribution in [1.82, 2.24) is 20.1 Å². The number of carbonyl (C=O) groups is 1. The fourth-order valence-corrected chi connectivity index (χ4v) is 4.25. The molecule has 2 N–H and O–H groups in total. The van der Waals surface area contributed by atoms with Gasteiger partial charge in [-0.25, -0.2) is 14.5 Å². The van der Waals surface area contributed by atoms with Gasteiger partial charge in [-0.1, -0.05) is 24.3 Å². The van der Waals surface area contributed by atoms with Crippen LogP contribution >= 0.6 is 0 Å². The smallest absolute Gasteiger partial charge is 0.319 e. The summed E-state index contributed by atoms with van der Waals surface area (Å²) < 4.78 is 1.91. The number of amides is 2. The van der Waals surface area contributed by atoms with Crippen LogP contribution in [0.25, 0.3) is 10.8 Å². The minimum atomic E-state index is -0.158. The van der Waals surface area contributed by atoms with Gasteiger partial charge in [0.25, 0.3) is 0 Å². The number of aromatic nitrogens is 3. The Morgan fingerprint density at radius 1 is 1.15 bits per heavy atom.